The molecule has 0 spiro atoms. The fourth-order valence-corrected chi connectivity index (χ4v) is 2.72. The number of aromatic nitrogens is 2. The summed E-state index contributed by atoms with van der Waals surface area (Å²) in [7, 11) is 0. The summed E-state index contributed by atoms with van der Waals surface area (Å²) in [6, 6.07) is 3.62. The molecule has 0 aromatic carbocycles. The molecule has 0 radical (unpaired) electrons. The van der Waals surface area contributed by atoms with Crippen LogP contribution in [0, 0.1) is 0 Å². The number of piperidine rings is 1. The van der Waals surface area contributed by atoms with Crippen LogP contribution in [0.15, 0.2) is 33.6 Å². The second-order valence-electron chi connectivity index (χ2n) is 4.92. The van der Waals surface area contributed by atoms with Gasteiger partial charge in [0.25, 0.3) is 5.91 Å². The first-order valence-electron chi connectivity index (χ1n) is 6.80. The number of nitrogens with zero attached hydrogens (tertiary/aromatic N) is 3. The van der Waals surface area contributed by atoms with Crippen molar-refractivity contribution in [3.63, 3.8) is 0 Å². The van der Waals surface area contributed by atoms with Crippen LogP contribution < -0.4 is 4.74 Å². The van der Waals surface area contributed by atoms with Crippen LogP contribution in [0.1, 0.15) is 23.4 Å². The third-order valence-corrected chi connectivity index (χ3v) is 3.94. The van der Waals surface area contributed by atoms with Gasteiger partial charge in [-0.3, -0.25) is 4.79 Å². The average Bonchev–Trinajstić information content (AvgIpc) is 2.96. The summed E-state index contributed by atoms with van der Waals surface area (Å²) in [6.07, 6.45) is 4.52. The zero-order valence-electron chi connectivity index (χ0n) is 11.5. The predicted octanol–water partition coefficient (Wildman–Crippen LogP) is 3.17. The third-order valence-electron chi connectivity index (χ3n) is 3.32. The largest absolute Gasteiger partial charge is 0.458 e. The first kappa shape index (κ1) is 15.3. The molecule has 1 amide bonds. The minimum atomic E-state index is -0.143. The Hall–Kier alpha value is -1.60. The summed E-state index contributed by atoms with van der Waals surface area (Å²) in [5.41, 5.74) is 0. The average molecular weight is 387 g/mol. The van der Waals surface area contributed by atoms with Crippen molar-refractivity contribution in [3.8, 4) is 6.01 Å². The van der Waals surface area contributed by atoms with Gasteiger partial charge in [-0.1, -0.05) is 11.6 Å². The SMILES string of the molecule is O=C(c1ccc(Br)o1)N1CCCC(Oc2ncc(Cl)cn2)C1. The maximum atomic E-state index is 12.4. The molecule has 1 aliphatic rings. The second kappa shape index (κ2) is 6.66. The highest BCUT2D eigenvalue weighted by Crippen LogP contribution is 2.20. The van der Waals surface area contributed by atoms with E-state index in [1.807, 2.05) is 0 Å². The van der Waals surface area contributed by atoms with E-state index in [2.05, 4.69) is 25.9 Å². The van der Waals surface area contributed by atoms with Crippen molar-refractivity contribution in [2.75, 3.05) is 13.1 Å². The predicted molar refractivity (Wildman–Crippen MR) is 83.0 cm³/mol. The van der Waals surface area contributed by atoms with Gasteiger partial charge < -0.3 is 14.1 Å². The van der Waals surface area contributed by atoms with Gasteiger partial charge in [-0.2, -0.15) is 0 Å². The Kier molecular flexibility index (Phi) is 4.63. The molecule has 0 bridgehead atoms. The summed E-state index contributed by atoms with van der Waals surface area (Å²) in [5.74, 6) is 0.172. The zero-order valence-corrected chi connectivity index (χ0v) is 13.9. The van der Waals surface area contributed by atoms with Crippen molar-refractivity contribution in [2.24, 2.45) is 0 Å². The number of amides is 1. The first-order valence-corrected chi connectivity index (χ1v) is 7.98. The first-order chi connectivity index (χ1) is 10.6. The number of hydrogen-bond donors (Lipinski definition) is 0. The Labute approximate surface area is 140 Å². The van der Waals surface area contributed by atoms with Gasteiger partial charge in [0, 0.05) is 6.54 Å². The highest BCUT2D eigenvalue weighted by atomic mass is 79.9. The van der Waals surface area contributed by atoms with Crippen molar-refractivity contribution in [2.45, 2.75) is 18.9 Å². The Morgan fingerprint density at radius 2 is 2.18 bits per heavy atom. The van der Waals surface area contributed by atoms with E-state index in [1.165, 1.54) is 12.4 Å². The molecular formula is C14H13BrClN3O3. The molecule has 1 fully saturated rings. The number of rotatable bonds is 3. The third kappa shape index (κ3) is 3.59. The lowest BCUT2D eigenvalue weighted by Gasteiger charge is -2.31. The molecule has 8 heteroatoms. The Morgan fingerprint density at radius 1 is 1.41 bits per heavy atom. The standard InChI is InChI=1S/C14H13BrClN3O3/c15-12-4-3-11(22-12)13(20)19-5-1-2-10(8-19)21-14-17-6-9(16)7-18-14/h3-4,6-7,10H,1-2,5,8H2. The Balaban J connectivity index is 1.63. The van der Waals surface area contributed by atoms with Crippen molar-refractivity contribution in [1.29, 1.82) is 0 Å². The van der Waals surface area contributed by atoms with Gasteiger partial charge in [0.1, 0.15) is 6.10 Å². The van der Waals surface area contributed by atoms with Gasteiger partial charge in [-0.15, -0.1) is 0 Å². The summed E-state index contributed by atoms with van der Waals surface area (Å²) >= 11 is 8.94. The van der Waals surface area contributed by atoms with Gasteiger partial charge in [0.2, 0.25) is 0 Å². The molecule has 6 nitrogen and oxygen atoms in total. The van der Waals surface area contributed by atoms with E-state index in [4.69, 9.17) is 20.8 Å². The lowest BCUT2D eigenvalue weighted by Crippen LogP contribution is -2.44. The molecule has 116 valence electrons. The van der Waals surface area contributed by atoms with Crippen molar-refractivity contribution >= 4 is 33.4 Å². The van der Waals surface area contributed by atoms with Gasteiger partial charge >= 0.3 is 6.01 Å². The molecule has 22 heavy (non-hydrogen) atoms. The molecule has 2 aromatic heterocycles. The topological polar surface area (TPSA) is 68.5 Å². The zero-order chi connectivity index (χ0) is 15.5. The molecule has 0 aliphatic carbocycles. The molecule has 0 saturated carbocycles. The normalized spacial score (nSPS) is 18.3. The van der Waals surface area contributed by atoms with Gasteiger partial charge in [0.05, 0.1) is 24.0 Å². The number of hydrogen-bond acceptors (Lipinski definition) is 5. The van der Waals surface area contributed by atoms with Crippen LogP contribution in [-0.2, 0) is 0 Å². The molecule has 1 unspecified atom stereocenters. The maximum absolute atomic E-state index is 12.4. The molecule has 2 aromatic rings. The number of halogens is 2. The molecule has 1 aliphatic heterocycles. The number of furan rings is 1. The monoisotopic (exact) mass is 385 g/mol. The smallest absolute Gasteiger partial charge is 0.316 e. The lowest BCUT2D eigenvalue weighted by atomic mass is 10.1. The minimum absolute atomic E-state index is 0.141. The van der Waals surface area contributed by atoms with Gasteiger partial charge in [-0.25, -0.2) is 9.97 Å². The van der Waals surface area contributed by atoms with E-state index in [0.29, 0.717) is 28.5 Å². The van der Waals surface area contributed by atoms with Crippen molar-refractivity contribution in [1.82, 2.24) is 14.9 Å². The highest BCUT2D eigenvalue weighted by molar-refractivity contribution is 9.10. The van der Waals surface area contributed by atoms with Crippen LogP contribution >= 0.6 is 27.5 Å². The van der Waals surface area contributed by atoms with E-state index in [1.54, 1.807) is 17.0 Å². The number of ether oxygens (including phenoxy) is 1. The van der Waals surface area contributed by atoms with E-state index >= 15 is 0 Å². The minimum Gasteiger partial charge on any atom is -0.458 e. The molecule has 0 N–H and O–H groups in total. The molecule has 1 atom stereocenters. The number of likely N-dealkylation sites (tertiary alicyclic amines) is 1. The molecular weight excluding hydrogens is 374 g/mol. The van der Waals surface area contributed by atoms with Crippen LogP contribution in [0.25, 0.3) is 0 Å². The molecule has 3 heterocycles. The lowest BCUT2D eigenvalue weighted by molar-refractivity contribution is 0.0488. The number of carbonyl (C=O) groups is 1. The fourth-order valence-electron chi connectivity index (χ4n) is 2.31. The van der Waals surface area contributed by atoms with E-state index < -0.39 is 0 Å². The van der Waals surface area contributed by atoms with Crippen LogP contribution in [0.4, 0.5) is 0 Å². The molecule has 1 saturated heterocycles. The Bertz CT molecular complexity index is 662. The highest BCUT2D eigenvalue weighted by Gasteiger charge is 2.27. The maximum Gasteiger partial charge on any atom is 0.316 e. The van der Waals surface area contributed by atoms with E-state index in [0.717, 1.165) is 12.8 Å². The quantitative estimate of drug-likeness (QED) is 0.810. The summed E-state index contributed by atoms with van der Waals surface area (Å²) in [6.45, 7) is 1.15. The van der Waals surface area contributed by atoms with E-state index in [9.17, 15) is 4.79 Å². The van der Waals surface area contributed by atoms with Crippen LogP contribution in [0.5, 0.6) is 6.01 Å². The Morgan fingerprint density at radius 3 is 2.86 bits per heavy atom. The van der Waals surface area contributed by atoms with Crippen LogP contribution in [0.3, 0.4) is 0 Å². The van der Waals surface area contributed by atoms with Crippen LogP contribution in [-0.4, -0.2) is 40.0 Å². The van der Waals surface area contributed by atoms with Gasteiger partial charge in [0.15, 0.2) is 10.4 Å². The second-order valence-corrected chi connectivity index (χ2v) is 6.14. The van der Waals surface area contributed by atoms with Crippen molar-refractivity contribution in [3.05, 3.63) is 40.0 Å². The number of carbonyl (C=O) groups excluding carboxylic acids is 1. The fraction of sp³-hybridized carbons (Fsp3) is 0.357. The van der Waals surface area contributed by atoms with Crippen molar-refractivity contribution < 1.29 is 13.9 Å². The summed E-state index contributed by atoms with van der Waals surface area (Å²) in [4.78, 5) is 22.1. The molecule has 3 rings (SSSR count). The summed E-state index contributed by atoms with van der Waals surface area (Å²) < 4.78 is 11.6. The van der Waals surface area contributed by atoms with Crippen LogP contribution in [0.2, 0.25) is 5.02 Å². The van der Waals surface area contributed by atoms with Gasteiger partial charge in [-0.05, 0) is 40.9 Å². The summed E-state index contributed by atoms with van der Waals surface area (Å²) in [5, 5.41) is 0.455. The van der Waals surface area contributed by atoms with E-state index in [-0.39, 0.29) is 18.0 Å².